The number of rotatable bonds is 5. The van der Waals surface area contributed by atoms with Gasteiger partial charge in [0.05, 0.1) is 24.9 Å². The minimum Gasteiger partial charge on any atom is -0.377 e. The second-order valence-corrected chi connectivity index (χ2v) is 9.11. The van der Waals surface area contributed by atoms with Crippen molar-refractivity contribution in [2.75, 3.05) is 48.0 Å². The molecule has 2 aliphatic rings. The van der Waals surface area contributed by atoms with Gasteiger partial charge in [-0.1, -0.05) is 0 Å². The van der Waals surface area contributed by atoms with E-state index in [-0.39, 0.29) is 12.1 Å². The molecule has 0 bridgehead atoms. The van der Waals surface area contributed by atoms with Crippen molar-refractivity contribution in [2.45, 2.75) is 39.8 Å². The number of aromatic nitrogens is 4. The largest absolute Gasteiger partial charge is 0.377 e. The number of ether oxygens (including phenoxy) is 1. The molecule has 3 aromatic rings. The summed E-state index contributed by atoms with van der Waals surface area (Å²) in [6.07, 6.45) is 2.61. The topological polar surface area (TPSA) is 108 Å². The van der Waals surface area contributed by atoms with Gasteiger partial charge in [-0.2, -0.15) is 0 Å². The van der Waals surface area contributed by atoms with Crippen LogP contribution in [-0.2, 0) is 17.7 Å². The maximum atomic E-state index is 11.9. The number of urea groups is 1. The first-order valence-electron chi connectivity index (χ1n) is 12.5. The number of carbonyl (C=O) groups is 1. The Morgan fingerprint density at radius 3 is 2.72 bits per heavy atom. The van der Waals surface area contributed by atoms with Gasteiger partial charge in [0.2, 0.25) is 0 Å². The monoisotopic (exact) mass is 488 g/mol. The van der Waals surface area contributed by atoms with E-state index in [0.717, 1.165) is 59.5 Å². The number of nitrogens with zero attached hydrogens (tertiary/aromatic N) is 6. The molecule has 2 amide bonds. The first-order chi connectivity index (χ1) is 17.5. The molecule has 1 fully saturated rings. The van der Waals surface area contributed by atoms with Crippen LogP contribution in [0.4, 0.5) is 22.1 Å². The Morgan fingerprint density at radius 2 is 1.97 bits per heavy atom. The van der Waals surface area contributed by atoms with Crippen molar-refractivity contribution in [1.29, 1.82) is 0 Å². The van der Waals surface area contributed by atoms with E-state index < -0.39 is 0 Å². The maximum absolute atomic E-state index is 11.9. The molecule has 2 aromatic heterocycles. The van der Waals surface area contributed by atoms with Crippen molar-refractivity contribution < 1.29 is 9.53 Å². The Balaban J connectivity index is 1.49. The predicted molar refractivity (Wildman–Crippen MR) is 139 cm³/mol. The number of benzene rings is 1. The van der Waals surface area contributed by atoms with Gasteiger partial charge in [-0.25, -0.2) is 24.7 Å². The summed E-state index contributed by atoms with van der Waals surface area (Å²) in [7, 11) is 0. The summed E-state index contributed by atoms with van der Waals surface area (Å²) in [5.41, 5.74) is 3.85. The first-order valence-corrected chi connectivity index (χ1v) is 12.5. The summed E-state index contributed by atoms with van der Waals surface area (Å²) < 4.78 is 5.71. The van der Waals surface area contributed by atoms with Gasteiger partial charge in [0.15, 0.2) is 5.82 Å². The third-order valence-corrected chi connectivity index (χ3v) is 6.50. The van der Waals surface area contributed by atoms with Gasteiger partial charge < -0.3 is 25.2 Å². The number of amides is 2. The Hall–Kier alpha value is -3.79. The molecule has 5 rings (SSSR count). The molecule has 0 spiro atoms. The number of hydrogen-bond acceptors (Lipinski definition) is 8. The molecular formula is C26H32N8O2. The minimum atomic E-state index is -0.220. The molecular weight excluding hydrogens is 456 g/mol. The van der Waals surface area contributed by atoms with E-state index >= 15 is 0 Å². The Kier molecular flexibility index (Phi) is 6.95. The highest BCUT2D eigenvalue weighted by molar-refractivity contribution is 5.89. The number of nitrogens with one attached hydrogen (secondary N) is 2. The second-order valence-electron chi connectivity index (χ2n) is 9.11. The number of fused-ring (bicyclic) bond motifs is 1. The average molecular weight is 489 g/mol. The molecule has 0 radical (unpaired) electrons. The van der Waals surface area contributed by atoms with Gasteiger partial charge in [-0.15, -0.1) is 0 Å². The zero-order valence-corrected chi connectivity index (χ0v) is 21.0. The fraction of sp³-hybridized carbons (Fsp3) is 0.423. The molecule has 1 unspecified atom stereocenters. The van der Waals surface area contributed by atoms with Gasteiger partial charge in [0, 0.05) is 55.6 Å². The van der Waals surface area contributed by atoms with E-state index in [0.29, 0.717) is 32.1 Å². The van der Waals surface area contributed by atoms with Crippen LogP contribution in [0.5, 0.6) is 0 Å². The average Bonchev–Trinajstić information content (AvgIpc) is 2.89. The van der Waals surface area contributed by atoms with Crippen LogP contribution in [0.2, 0.25) is 0 Å². The number of anilines is 3. The van der Waals surface area contributed by atoms with Crippen LogP contribution >= 0.6 is 0 Å². The van der Waals surface area contributed by atoms with E-state index in [4.69, 9.17) is 14.7 Å². The summed E-state index contributed by atoms with van der Waals surface area (Å²) >= 11 is 0. The van der Waals surface area contributed by atoms with E-state index in [1.54, 1.807) is 0 Å². The van der Waals surface area contributed by atoms with Gasteiger partial charge in [0.1, 0.15) is 17.5 Å². The molecule has 0 aliphatic carbocycles. The number of aryl methyl sites for hydroxylation is 1. The standard InChI is InChI=1S/C26H32N8O2/c1-4-27-26(35)30-20-7-5-19(6-8-20)24-31-22-10-12-33(23-9-11-28-18(3)29-23)15-21(22)25(32-24)34-13-14-36-16-17(34)2/h5-9,11,17H,4,10,12-16H2,1-3H3,(H2,27,30,35). The summed E-state index contributed by atoms with van der Waals surface area (Å²) in [4.78, 5) is 35.4. The third kappa shape index (κ3) is 5.08. The molecule has 2 aliphatic heterocycles. The Morgan fingerprint density at radius 1 is 1.14 bits per heavy atom. The molecule has 4 heterocycles. The van der Waals surface area contributed by atoms with Crippen molar-refractivity contribution >= 4 is 23.4 Å². The second kappa shape index (κ2) is 10.4. The fourth-order valence-corrected chi connectivity index (χ4v) is 4.66. The minimum absolute atomic E-state index is 0.214. The van der Waals surface area contributed by atoms with Gasteiger partial charge in [-0.05, 0) is 51.1 Å². The Bertz CT molecular complexity index is 1230. The van der Waals surface area contributed by atoms with E-state index in [1.807, 2.05) is 50.4 Å². The number of hydrogen-bond donors (Lipinski definition) is 2. The fourth-order valence-electron chi connectivity index (χ4n) is 4.66. The van der Waals surface area contributed by atoms with Crippen molar-refractivity contribution in [2.24, 2.45) is 0 Å². The van der Waals surface area contributed by atoms with Crippen LogP contribution in [0.15, 0.2) is 36.5 Å². The summed E-state index contributed by atoms with van der Waals surface area (Å²) in [5.74, 6) is 3.34. The van der Waals surface area contributed by atoms with Gasteiger partial charge in [0.25, 0.3) is 0 Å². The molecule has 10 heteroatoms. The summed E-state index contributed by atoms with van der Waals surface area (Å²) in [6.45, 7) is 10.2. The summed E-state index contributed by atoms with van der Waals surface area (Å²) in [6, 6.07) is 9.62. The first kappa shape index (κ1) is 23.9. The summed E-state index contributed by atoms with van der Waals surface area (Å²) in [5, 5.41) is 5.57. The highest BCUT2D eigenvalue weighted by atomic mass is 16.5. The normalized spacial score (nSPS) is 17.5. The van der Waals surface area contributed by atoms with Gasteiger partial charge >= 0.3 is 6.03 Å². The smallest absolute Gasteiger partial charge is 0.319 e. The van der Waals surface area contributed by atoms with Crippen LogP contribution in [0.1, 0.15) is 30.9 Å². The lowest BCUT2D eigenvalue weighted by Gasteiger charge is -2.38. The lowest BCUT2D eigenvalue weighted by molar-refractivity contribution is 0.0984. The van der Waals surface area contributed by atoms with Crippen molar-refractivity contribution in [1.82, 2.24) is 25.3 Å². The molecule has 10 nitrogen and oxygen atoms in total. The molecule has 0 saturated carbocycles. The number of morpholine rings is 1. The predicted octanol–water partition coefficient (Wildman–Crippen LogP) is 3.17. The zero-order valence-electron chi connectivity index (χ0n) is 21.0. The molecule has 2 N–H and O–H groups in total. The molecule has 1 saturated heterocycles. The highest BCUT2D eigenvalue weighted by Crippen LogP contribution is 2.33. The van der Waals surface area contributed by atoms with E-state index in [2.05, 4.69) is 37.3 Å². The molecule has 1 atom stereocenters. The maximum Gasteiger partial charge on any atom is 0.319 e. The molecule has 188 valence electrons. The lowest BCUT2D eigenvalue weighted by atomic mass is 10.0. The van der Waals surface area contributed by atoms with Crippen LogP contribution in [0.25, 0.3) is 11.4 Å². The van der Waals surface area contributed by atoms with Crippen LogP contribution in [0, 0.1) is 6.92 Å². The zero-order chi connectivity index (χ0) is 25.1. The lowest BCUT2D eigenvalue weighted by Crippen LogP contribution is -2.45. The third-order valence-electron chi connectivity index (χ3n) is 6.50. The SMILES string of the molecule is CCNC(=O)Nc1ccc(-c2nc3c(c(N4CCOCC4C)n2)CN(c2ccnc(C)n2)CC3)cc1. The quantitative estimate of drug-likeness (QED) is 0.564. The molecule has 36 heavy (non-hydrogen) atoms. The Labute approximate surface area is 211 Å². The van der Waals surface area contributed by atoms with Crippen molar-refractivity contribution in [3.8, 4) is 11.4 Å². The van der Waals surface area contributed by atoms with Crippen LogP contribution in [-0.4, -0.2) is 64.9 Å². The van der Waals surface area contributed by atoms with Gasteiger partial charge in [-0.3, -0.25) is 0 Å². The highest BCUT2D eigenvalue weighted by Gasteiger charge is 2.29. The number of carbonyl (C=O) groups excluding carboxylic acids is 1. The van der Waals surface area contributed by atoms with E-state index in [9.17, 15) is 4.79 Å². The molecule has 1 aromatic carbocycles. The van der Waals surface area contributed by atoms with E-state index in [1.165, 1.54) is 0 Å². The van der Waals surface area contributed by atoms with Crippen LogP contribution in [0.3, 0.4) is 0 Å². The van der Waals surface area contributed by atoms with Crippen molar-refractivity contribution in [3.63, 3.8) is 0 Å². The van der Waals surface area contributed by atoms with Crippen LogP contribution < -0.4 is 20.4 Å². The van der Waals surface area contributed by atoms with Crippen molar-refractivity contribution in [3.05, 3.63) is 53.6 Å².